The summed E-state index contributed by atoms with van der Waals surface area (Å²) >= 11 is 0. The van der Waals surface area contributed by atoms with Crippen molar-refractivity contribution in [2.24, 2.45) is 0 Å². The second-order valence-corrected chi connectivity index (χ2v) is 5.94. The maximum absolute atomic E-state index is 12.2. The molecule has 120 valence electrons. The minimum atomic E-state index is -0.373. The summed E-state index contributed by atoms with van der Waals surface area (Å²) in [6, 6.07) is 7.96. The van der Waals surface area contributed by atoms with Gasteiger partial charge in [-0.15, -0.1) is 0 Å². The normalized spacial score (nSPS) is 21.1. The molecule has 0 radical (unpaired) electrons. The lowest BCUT2D eigenvalue weighted by atomic mass is 10.0. The molecule has 22 heavy (non-hydrogen) atoms. The van der Waals surface area contributed by atoms with Crippen LogP contribution in [0.1, 0.15) is 25.3 Å². The van der Waals surface area contributed by atoms with Gasteiger partial charge in [0.1, 0.15) is 0 Å². The SMILES string of the molecule is CCc1ccccc1NC(=O)CN1CCC2(CC1)OCCO2. The molecule has 5 heteroatoms. The van der Waals surface area contributed by atoms with Gasteiger partial charge in [0, 0.05) is 31.6 Å². The lowest BCUT2D eigenvalue weighted by Gasteiger charge is -2.37. The number of carbonyl (C=O) groups excluding carboxylic acids is 1. The molecule has 0 atom stereocenters. The van der Waals surface area contributed by atoms with Crippen molar-refractivity contribution in [1.82, 2.24) is 4.90 Å². The van der Waals surface area contributed by atoms with Crippen molar-refractivity contribution >= 4 is 11.6 Å². The van der Waals surface area contributed by atoms with Gasteiger partial charge in [-0.3, -0.25) is 9.69 Å². The van der Waals surface area contributed by atoms with E-state index in [9.17, 15) is 4.79 Å². The summed E-state index contributed by atoms with van der Waals surface area (Å²) in [6.45, 7) is 5.57. The van der Waals surface area contributed by atoms with E-state index >= 15 is 0 Å². The number of hydrogen-bond acceptors (Lipinski definition) is 4. The molecule has 2 fully saturated rings. The van der Waals surface area contributed by atoms with Crippen molar-refractivity contribution in [3.63, 3.8) is 0 Å². The molecule has 0 aromatic heterocycles. The molecule has 0 saturated carbocycles. The average molecular weight is 304 g/mol. The smallest absolute Gasteiger partial charge is 0.238 e. The van der Waals surface area contributed by atoms with E-state index in [4.69, 9.17) is 9.47 Å². The van der Waals surface area contributed by atoms with Crippen LogP contribution in [-0.2, 0) is 20.7 Å². The number of anilines is 1. The molecule has 2 aliphatic heterocycles. The Balaban J connectivity index is 1.50. The Bertz CT molecular complexity index is 516. The lowest BCUT2D eigenvalue weighted by Crippen LogP contribution is -2.47. The first-order valence-corrected chi connectivity index (χ1v) is 8.09. The molecule has 1 spiro atoms. The molecule has 3 rings (SSSR count). The van der Waals surface area contributed by atoms with Gasteiger partial charge in [0.05, 0.1) is 19.8 Å². The molecule has 1 amide bonds. The number of carbonyl (C=O) groups is 1. The number of nitrogens with one attached hydrogen (secondary N) is 1. The van der Waals surface area contributed by atoms with E-state index < -0.39 is 0 Å². The third-order valence-electron chi connectivity index (χ3n) is 4.47. The highest BCUT2D eigenvalue weighted by Gasteiger charge is 2.39. The van der Waals surface area contributed by atoms with Crippen LogP contribution in [0.25, 0.3) is 0 Å². The molecule has 2 aliphatic rings. The number of aryl methyl sites for hydroxylation is 1. The Labute approximate surface area is 131 Å². The summed E-state index contributed by atoms with van der Waals surface area (Å²) in [5.74, 6) is -0.327. The zero-order valence-electron chi connectivity index (χ0n) is 13.1. The van der Waals surface area contributed by atoms with Gasteiger partial charge < -0.3 is 14.8 Å². The van der Waals surface area contributed by atoms with Gasteiger partial charge in [-0.1, -0.05) is 25.1 Å². The number of hydrogen-bond donors (Lipinski definition) is 1. The Morgan fingerprint density at radius 2 is 1.91 bits per heavy atom. The monoisotopic (exact) mass is 304 g/mol. The number of amides is 1. The van der Waals surface area contributed by atoms with Gasteiger partial charge in [-0.25, -0.2) is 0 Å². The molecule has 0 aliphatic carbocycles. The maximum atomic E-state index is 12.2. The van der Waals surface area contributed by atoms with Gasteiger partial charge in [-0.05, 0) is 18.1 Å². The summed E-state index contributed by atoms with van der Waals surface area (Å²) in [5.41, 5.74) is 2.09. The van der Waals surface area contributed by atoms with Gasteiger partial charge in [0.2, 0.25) is 5.91 Å². The Morgan fingerprint density at radius 3 is 2.59 bits per heavy atom. The van der Waals surface area contributed by atoms with Crippen LogP contribution >= 0.6 is 0 Å². The van der Waals surface area contributed by atoms with Gasteiger partial charge >= 0.3 is 0 Å². The summed E-state index contributed by atoms with van der Waals surface area (Å²) in [4.78, 5) is 14.4. The van der Waals surface area contributed by atoms with Crippen LogP contribution in [0.4, 0.5) is 5.69 Å². The van der Waals surface area contributed by atoms with Crippen molar-refractivity contribution in [3.05, 3.63) is 29.8 Å². The van der Waals surface area contributed by atoms with E-state index in [1.165, 1.54) is 5.56 Å². The molecule has 1 aromatic carbocycles. The zero-order valence-corrected chi connectivity index (χ0v) is 13.1. The van der Waals surface area contributed by atoms with Crippen molar-refractivity contribution in [2.75, 3.05) is 38.2 Å². The predicted octanol–water partition coefficient (Wildman–Crippen LogP) is 2.03. The van der Waals surface area contributed by atoms with Crippen LogP contribution in [0.2, 0.25) is 0 Å². The van der Waals surface area contributed by atoms with E-state index in [0.29, 0.717) is 19.8 Å². The van der Waals surface area contributed by atoms with Crippen LogP contribution in [0.3, 0.4) is 0 Å². The first-order valence-electron chi connectivity index (χ1n) is 8.09. The summed E-state index contributed by atoms with van der Waals surface area (Å²) in [5, 5.41) is 3.03. The van der Waals surface area contributed by atoms with E-state index in [-0.39, 0.29) is 11.7 Å². The number of rotatable bonds is 4. The second-order valence-electron chi connectivity index (χ2n) is 5.94. The minimum Gasteiger partial charge on any atom is -0.347 e. The zero-order chi connectivity index (χ0) is 15.4. The number of para-hydroxylation sites is 1. The average Bonchev–Trinajstić information content (AvgIpc) is 2.99. The summed E-state index contributed by atoms with van der Waals surface area (Å²) < 4.78 is 11.4. The van der Waals surface area contributed by atoms with E-state index in [2.05, 4.69) is 23.2 Å². The Morgan fingerprint density at radius 1 is 1.23 bits per heavy atom. The third-order valence-corrected chi connectivity index (χ3v) is 4.47. The highest BCUT2D eigenvalue weighted by atomic mass is 16.7. The molecule has 5 nitrogen and oxygen atoms in total. The molecular weight excluding hydrogens is 280 g/mol. The van der Waals surface area contributed by atoms with E-state index in [0.717, 1.165) is 38.0 Å². The Hall–Kier alpha value is -1.43. The quantitative estimate of drug-likeness (QED) is 0.925. The standard InChI is InChI=1S/C17H24N2O3/c1-2-14-5-3-4-6-15(14)18-16(20)13-19-9-7-17(8-10-19)21-11-12-22-17/h3-6H,2,7-13H2,1H3,(H,18,20). The predicted molar refractivity (Wildman–Crippen MR) is 84.8 cm³/mol. The van der Waals surface area contributed by atoms with Crippen molar-refractivity contribution in [3.8, 4) is 0 Å². The molecule has 1 N–H and O–H groups in total. The van der Waals surface area contributed by atoms with Crippen molar-refractivity contribution in [2.45, 2.75) is 32.0 Å². The van der Waals surface area contributed by atoms with E-state index in [1.807, 2.05) is 18.2 Å². The largest absolute Gasteiger partial charge is 0.347 e. The molecule has 1 aromatic rings. The van der Waals surface area contributed by atoms with Gasteiger partial charge in [0.15, 0.2) is 5.79 Å². The molecule has 0 bridgehead atoms. The maximum Gasteiger partial charge on any atom is 0.238 e. The van der Waals surface area contributed by atoms with Crippen LogP contribution in [0, 0.1) is 0 Å². The summed E-state index contributed by atoms with van der Waals surface area (Å²) in [6.07, 6.45) is 2.59. The highest BCUT2D eigenvalue weighted by molar-refractivity contribution is 5.93. The first kappa shape index (κ1) is 15.5. The van der Waals surface area contributed by atoms with E-state index in [1.54, 1.807) is 0 Å². The lowest BCUT2D eigenvalue weighted by molar-refractivity contribution is -0.185. The molecule has 0 unspecified atom stereocenters. The minimum absolute atomic E-state index is 0.0464. The number of ether oxygens (including phenoxy) is 2. The first-order chi connectivity index (χ1) is 10.7. The second kappa shape index (κ2) is 6.77. The fourth-order valence-electron chi connectivity index (χ4n) is 3.18. The molecule has 2 heterocycles. The highest BCUT2D eigenvalue weighted by Crippen LogP contribution is 2.31. The molecule has 2 saturated heterocycles. The Kier molecular flexibility index (Phi) is 4.76. The fraction of sp³-hybridized carbons (Fsp3) is 0.588. The number of likely N-dealkylation sites (tertiary alicyclic amines) is 1. The topological polar surface area (TPSA) is 50.8 Å². The van der Waals surface area contributed by atoms with Crippen LogP contribution < -0.4 is 5.32 Å². The van der Waals surface area contributed by atoms with Crippen molar-refractivity contribution < 1.29 is 14.3 Å². The number of piperidine rings is 1. The molecular formula is C17H24N2O3. The fourth-order valence-corrected chi connectivity index (χ4v) is 3.18. The summed E-state index contributed by atoms with van der Waals surface area (Å²) in [7, 11) is 0. The third kappa shape index (κ3) is 3.48. The van der Waals surface area contributed by atoms with Crippen LogP contribution in [0.15, 0.2) is 24.3 Å². The van der Waals surface area contributed by atoms with Crippen LogP contribution in [-0.4, -0.2) is 49.4 Å². The van der Waals surface area contributed by atoms with Gasteiger partial charge in [-0.2, -0.15) is 0 Å². The van der Waals surface area contributed by atoms with Crippen LogP contribution in [0.5, 0.6) is 0 Å². The number of benzene rings is 1. The van der Waals surface area contributed by atoms with Gasteiger partial charge in [0.25, 0.3) is 0 Å². The van der Waals surface area contributed by atoms with Crippen molar-refractivity contribution in [1.29, 1.82) is 0 Å². The number of nitrogens with zero attached hydrogens (tertiary/aromatic N) is 1.